The van der Waals surface area contributed by atoms with Crippen LogP contribution in [0.15, 0.2) is 18.2 Å². The van der Waals surface area contributed by atoms with E-state index in [1.54, 1.807) is 12.1 Å². The maximum atomic E-state index is 12.4. The fraction of sp³-hybridized carbons (Fsp3) is 0.529. The van der Waals surface area contributed by atoms with Crippen LogP contribution in [0.25, 0.3) is 0 Å². The highest BCUT2D eigenvalue weighted by Gasteiger charge is 2.39. The monoisotopic (exact) mass is 285 g/mol. The molecular formula is C17H19NO3. The SMILES string of the molecule is CC1(C)CC(=O)c2c(OCC3(C#N)CCC3)cccc2O1. The van der Waals surface area contributed by atoms with Crippen molar-refractivity contribution in [2.75, 3.05) is 6.61 Å². The van der Waals surface area contributed by atoms with Gasteiger partial charge in [0.1, 0.15) is 29.3 Å². The summed E-state index contributed by atoms with van der Waals surface area (Å²) in [6.07, 6.45) is 3.15. The van der Waals surface area contributed by atoms with E-state index >= 15 is 0 Å². The van der Waals surface area contributed by atoms with Gasteiger partial charge < -0.3 is 9.47 Å². The zero-order chi connectivity index (χ0) is 15.1. The van der Waals surface area contributed by atoms with Gasteiger partial charge in [-0.1, -0.05) is 12.5 Å². The third-order valence-corrected chi connectivity index (χ3v) is 4.29. The number of hydrogen-bond acceptors (Lipinski definition) is 4. The molecular weight excluding hydrogens is 266 g/mol. The van der Waals surface area contributed by atoms with E-state index in [0.29, 0.717) is 30.1 Å². The van der Waals surface area contributed by atoms with Gasteiger partial charge in [0.05, 0.1) is 17.9 Å². The molecule has 0 spiro atoms. The summed E-state index contributed by atoms with van der Waals surface area (Å²) >= 11 is 0. The Hall–Kier alpha value is -2.02. The summed E-state index contributed by atoms with van der Waals surface area (Å²) in [5, 5.41) is 9.25. The number of nitrogens with zero attached hydrogens (tertiary/aromatic N) is 1. The van der Waals surface area contributed by atoms with Gasteiger partial charge in [-0.05, 0) is 38.8 Å². The molecule has 110 valence electrons. The summed E-state index contributed by atoms with van der Waals surface area (Å²) in [4.78, 5) is 12.4. The first-order valence-electron chi connectivity index (χ1n) is 7.34. The molecule has 1 aliphatic heterocycles. The van der Waals surface area contributed by atoms with E-state index < -0.39 is 5.60 Å². The van der Waals surface area contributed by atoms with Crippen molar-refractivity contribution in [1.82, 2.24) is 0 Å². The van der Waals surface area contributed by atoms with Gasteiger partial charge in [0.2, 0.25) is 0 Å². The molecule has 0 unspecified atom stereocenters. The van der Waals surface area contributed by atoms with E-state index in [1.165, 1.54) is 0 Å². The van der Waals surface area contributed by atoms with Gasteiger partial charge in [-0.2, -0.15) is 5.26 Å². The van der Waals surface area contributed by atoms with Crippen molar-refractivity contribution in [3.8, 4) is 17.6 Å². The van der Waals surface area contributed by atoms with Crippen LogP contribution in [0.2, 0.25) is 0 Å². The first-order valence-corrected chi connectivity index (χ1v) is 7.34. The van der Waals surface area contributed by atoms with Gasteiger partial charge in [0.25, 0.3) is 0 Å². The average molecular weight is 285 g/mol. The number of fused-ring (bicyclic) bond motifs is 1. The van der Waals surface area contributed by atoms with E-state index in [0.717, 1.165) is 19.3 Å². The molecule has 1 aliphatic carbocycles. The maximum Gasteiger partial charge on any atom is 0.174 e. The van der Waals surface area contributed by atoms with Crippen molar-refractivity contribution in [2.24, 2.45) is 5.41 Å². The lowest BCUT2D eigenvalue weighted by atomic mass is 9.71. The average Bonchev–Trinajstić information content (AvgIpc) is 2.36. The molecule has 0 N–H and O–H groups in total. The zero-order valence-electron chi connectivity index (χ0n) is 12.4. The molecule has 1 fully saturated rings. The number of carbonyl (C=O) groups is 1. The van der Waals surface area contributed by atoms with Crippen LogP contribution in [-0.4, -0.2) is 18.0 Å². The standard InChI is InChI=1S/C17H19NO3/c1-16(2)9-12(19)15-13(5-3-6-14(15)21-16)20-11-17(10-18)7-4-8-17/h3,5-6H,4,7-9,11H2,1-2H3. The van der Waals surface area contributed by atoms with Gasteiger partial charge in [-0.25, -0.2) is 0 Å². The van der Waals surface area contributed by atoms with Crippen molar-refractivity contribution in [3.63, 3.8) is 0 Å². The Morgan fingerprint density at radius 2 is 2.14 bits per heavy atom. The molecule has 21 heavy (non-hydrogen) atoms. The maximum absolute atomic E-state index is 12.4. The number of rotatable bonds is 3. The molecule has 0 bridgehead atoms. The molecule has 0 aromatic heterocycles. The van der Waals surface area contributed by atoms with Gasteiger partial charge in [0.15, 0.2) is 5.78 Å². The highest BCUT2D eigenvalue weighted by atomic mass is 16.5. The molecule has 0 amide bonds. The molecule has 1 saturated carbocycles. The highest BCUT2D eigenvalue weighted by molar-refractivity contribution is 6.02. The highest BCUT2D eigenvalue weighted by Crippen LogP contribution is 2.42. The van der Waals surface area contributed by atoms with E-state index in [9.17, 15) is 10.1 Å². The summed E-state index contributed by atoms with van der Waals surface area (Å²) in [6, 6.07) is 7.75. The molecule has 0 radical (unpaired) electrons. The first kappa shape index (κ1) is 13.9. The van der Waals surface area contributed by atoms with E-state index in [2.05, 4.69) is 6.07 Å². The van der Waals surface area contributed by atoms with Crippen LogP contribution in [0.3, 0.4) is 0 Å². The number of benzene rings is 1. The fourth-order valence-corrected chi connectivity index (χ4v) is 2.91. The Morgan fingerprint density at radius 3 is 2.76 bits per heavy atom. The van der Waals surface area contributed by atoms with Crippen LogP contribution in [-0.2, 0) is 0 Å². The molecule has 1 aromatic rings. The summed E-state index contributed by atoms with van der Waals surface area (Å²) in [5.41, 5.74) is -0.338. The predicted molar refractivity (Wildman–Crippen MR) is 77.5 cm³/mol. The predicted octanol–water partition coefficient (Wildman–Crippen LogP) is 3.50. The van der Waals surface area contributed by atoms with E-state index in [-0.39, 0.29) is 11.2 Å². The van der Waals surface area contributed by atoms with Crippen molar-refractivity contribution >= 4 is 5.78 Å². The molecule has 1 heterocycles. The summed E-state index contributed by atoms with van der Waals surface area (Å²) in [5.74, 6) is 1.15. The summed E-state index contributed by atoms with van der Waals surface area (Å²) in [7, 11) is 0. The Balaban J connectivity index is 1.85. The van der Waals surface area contributed by atoms with Crippen LogP contribution in [0, 0.1) is 16.7 Å². The molecule has 0 saturated heterocycles. The van der Waals surface area contributed by atoms with Gasteiger partial charge in [0, 0.05) is 0 Å². The Kier molecular flexibility index (Phi) is 3.16. The van der Waals surface area contributed by atoms with E-state index in [1.807, 2.05) is 19.9 Å². The molecule has 1 aromatic carbocycles. The lowest BCUT2D eigenvalue weighted by molar-refractivity contribution is 0.0600. The van der Waals surface area contributed by atoms with Crippen molar-refractivity contribution in [2.45, 2.75) is 45.1 Å². The lowest BCUT2D eigenvalue weighted by Crippen LogP contribution is -2.37. The topological polar surface area (TPSA) is 59.3 Å². The largest absolute Gasteiger partial charge is 0.491 e. The smallest absolute Gasteiger partial charge is 0.174 e. The molecule has 2 aliphatic rings. The third-order valence-electron chi connectivity index (χ3n) is 4.29. The Labute approximate surface area is 124 Å². The minimum Gasteiger partial charge on any atom is -0.491 e. The number of hydrogen-bond donors (Lipinski definition) is 0. The number of ketones is 1. The molecule has 3 rings (SSSR count). The van der Waals surface area contributed by atoms with Crippen molar-refractivity contribution in [1.29, 1.82) is 5.26 Å². The fourth-order valence-electron chi connectivity index (χ4n) is 2.91. The quantitative estimate of drug-likeness (QED) is 0.852. The molecule has 0 atom stereocenters. The van der Waals surface area contributed by atoms with Crippen LogP contribution in [0.1, 0.15) is 49.9 Å². The summed E-state index contributed by atoms with van der Waals surface area (Å²) in [6.45, 7) is 4.15. The minimum atomic E-state index is -0.482. The first-order chi connectivity index (χ1) is 9.95. The Morgan fingerprint density at radius 1 is 1.38 bits per heavy atom. The van der Waals surface area contributed by atoms with Crippen LogP contribution >= 0.6 is 0 Å². The zero-order valence-corrected chi connectivity index (χ0v) is 12.4. The van der Waals surface area contributed by atoms with Crippen LogP contribution in [0.5, 0.6) is 11.5 Å². The van der Waals surface area contributed by atoms with Gasteiger partial charge in [-0.3, -0.25) is 4.79 Å². The Bertz CT molecular complexity index is 623. The van der Waals surface area contributed by atoms with Gasteiger partial charge >= 0.3 is 0 Å². The second-order valence-electron chi connectivity index (χ2n) is 6.63. The molecule has 4 heteroatoms. The second-order valence-corrected chi connectivity index (χ2v) is 6.63. The van der Waals surface area contributed by atoms with Crippen LogP contribution < -0.4 is 9.47 Å². The van der Waals surface area contributed by atoms with Crippen LogP contribution in [0.4, 0.5) is 0 Å². The third kappa shape index (κ3) is 2.49. The lowest BCUT2D eigenvalue weighted by Gasteiger charge is -2.36. The number of Topliss-reactive ketones (excluding diaryl/α,β-unsaturated/α-hetero) is 1. The van der Waals surface area contributed by atoms with Gasteiger partial charge in [-0.15, -0.1) is 0 Å². The van der Waals surface area contributed by atoms with Crippen molar-refractivity contribution in [3.05, 3.63) is 23.8 Å². The van der Waals surface area contributed by atoms with E-state index in [4.69, 9.17) is 9.47 Å². The summed E-state index contributed by atoms with van der Waals surface area (Å²) < 4.78 is 11.7. The second kappa shape index (κ2) is 4.77. The number of ether oxygens (including phenoxy) is 2. The normalized spacial score (nSPS) is 21.5. The van der Waals surface area contributed by atoms with Crippen molar-refractivity contribution < 1.29 is 14.3 Å². The number of nitriles is 1. The number of carbonyl (C=O) groups excluding carboxylic acids is 1. The molecule has 4 nitrogen and oxygen atoms in total. The minimum absolute atomic E-state index is 0.0384.